The predicted octanol–water partition coefficient (Wildman–Crippen LogP) is -1.96. The molecular formula is C6H10B2O7. The van der Waals surface area contributed by atoms with Gasteiger partial charge in [-0.3, -0.25) is 0 Å². The number of para-hydroxylation sites is 2. The number of benzene rings is 1. The summed E-state index contributed by atoms with van der Waals surface area (Å²) in [5.41, 5.74) is 0. The van der Waals surface area contributed by atoms with Crippen LogP contribution >= 0.6 is 0 Å². The first-order valence-electron chi connectivity index (χ1n) is 3.78. The largest absolute Gasteiger partial charge is 0.621 e. The molecule has 0 spiro atoms. The van der Waals surface area contributed by atoms with Crippen LogP contribution in [-0.2, 0) is 4.57 Å². The van der Waals surface area contributed by atoms with Crippen molar-refractivity contribution in [3.05, 3.63) is 24.3 Å². The highest BCUT2D eigenvalue weighted by molar-refractivity contribution is 6.48. The molecule has 0 saturated carbocycles. The Labute approximate surface area is 86.2 Å². The highest BCUT2D eigenvalue weighted by Crippen LogP contribution is 2.21. The lowest BCUT2D eigenvalue weighted by Crippen LogP contribution is -2.28. The van der Waals surface area contributed by atoms with Gasteiger partial charge in [0.1, 0.15) is 0 Å². The molecule has 1 aromatic carbocycles. The standard InChI is InChI=1S/C6H6O2.B2H4O5/c7-5-3-1-2-4-6(5)8;3-1(4)7-2(5)6/h1-4,7-8H;3-6H. The van der Waals surface area contributed by atoms with Crippen LogP contribution in [0.15, 0.2) is 24.3 Å². The van der Waals surface area contributed by atoms with Crippen molar-refractivity contribution in [2.75, 3.05) is 0 Å². The van der Waals surface area contributed by atoms with Crippen molar-refractivity contribution in [1.82, 2.24) is 0 Å². The van der Waals surface area contributed by atoms with Crippen LogP contribution in [0, 0.1) is 0 Å². The highest BCUT2D eigenvalue weighted by Gasteiger charge is 2.18. The second kappa shape index (κ2) is 7.10. The summed E-state index contributed by atoms with van der Waals surface area (Å²) in [4.78, 5) is 0. The molecule has 9 heteroatoms. The van der Waals surface area contributed by atoms with Crippen molar-refractivity contribution in [2.45, 2.75) is 0 Å². The second-order valence-electron chi connectivity index (χ2n) is 2.28. The Balaban J connectivity index is 0.000000265. The van der Waals surface area contributed by atoms with E-state index in [1.54, 1.807) is 12.1 Å². The Morgan fingerprint density at radius 1 is 0.800 bits per heavy atom. The lowest BCUT2D eigenvalue weighted by Gasteiger charge is -1.95. The molecule has 0 fully saturated rings. The van der Waals surface area contributed by atoms with E-state index in [2.05, 4.69) is 4.57 Å². The molecule has 1 aromatic rings. The van der Waals surface area contributed by atoms with Gasteiger partial charge >= 0.3 is 14.6 Å². The predicted molar refractivity (Wildman–Crippen MR) is 51.2 cm³/mol. The van der Waals surface area contributed by atoms with E-state index in [0.717, 1.165) is 0 Å². The summed E-state index contributed by atoms with van der Waals surface area (Å²) in [6.07, 6.45) is 0. The molecule has 1 rings (SSSR count). The van der Waals surface area contributed by atoms with Crippen LogP contribution in [-0.4, -0.2) is 45.0 Å². The van der Waals surface area contributed by atoms with Gasteiger partial charge in [0.25, 0.3) is 0 Å². The Bertz CT molecular complexity index is 253. The molecule has 0 unspecified atom stereocenters. The fourth-order valence-corrected chi connectivity index (χ4v) is 0.573. The molecule has 7 nitrogen and oxygen atoms in total. The van der Waals surface area contributed by atoms with Crippen LogP contribution in [0.5, 0.6) is 11.5 Å². The Morgan fingerprint density at radius 3 is 1.27 bits per heavy atom. The molecule has 0 atom stereocenters. The average Bonchev–Trinajstić information content (AvgIpc) is 2.08. The Kier molecular flexibility index (Phi) is 6.50. The molecule has 0 radical (unpaired) electrons. The fraction of sp³-hybridized carbons (Fsp3) is 0. The van der Waals surface area contributed by atoms with Crippen LogP contribution in [0.4, 0.5) is 0 Å². The van der Waals surface area contributed by atoms with E-state index in [1.807, 2.05) is 0 Å². The molecular weight excluding hydrogens is 206 g/mol. The van der Waals surface area contributed by atoms with E-state index in [0.29, 0.717) is 0 Å². The smallest absolute Gasteiger partial charge is 0.504 e. The minimum atomic E-state index is -2.13. The molecule has 0 amide bonds. The zero-order valence-corrected chi connectivity index (χ0v) is 7.56. The third-order valence-electron chi connectivity index (χ3n) is 1.13. The molecule has 0 aromatic heterocycles. The summed E-state index contributed by atoms with van der Waals surface area (Å²) < 4.78 is 3.47. The van der Waals surface area contributed by atoms with Gasteiger partial charge < -0.3 is 34.9 Å². The van der Waals surface area contributed by atoms with E-state index < -0.39 is 14.6 Å². The van der Waals surface area contributed by atoms with Crippen molar-refractivity contribution in [3.8, 4) is 11.5 Å². The van der Waals surface area contributed by atoms with Crippen LogP contribution in [0.25, 0.3) is 0 Å². The zero-order chi connectivity index (χ0) is 11.8. The van der Waals surface area contributed by atoms with Crippen molar-refractivity contribution in [1.29, 1.82) is 0 Å². The highest BCUT2D eigenvalue weighted by atomic mass is 16.7. The lowest BCUT2D eigenvalue weighted by atomic mass is 10.1. The summed E-state index contributed by atoms with van der Waals surface area (Å²) in [5, 5.41) is 48.3. The number of rotatable bonds is 2. The van der Waals surface area contributed by atoms with Crippen LogP contribution in [0.2, 0.25) is 0 Å². The van der Waals surface area contributed by atoms with E-state index in [-0.39, 0.29) is 11.5 Å². The van der Waals surface area contributed by atoms with Crippen molar-refractivity contribution in [3.63, 3.8) is 0 Å². The Hall–Kier alpha value is -1.25. The average molecular weight is 216 g/mol. The van der Waals surface area contributed by atoms with Crippen LogP contribution < -0.4 is 0 Å². The molecule has 6 N–H and O–H groups in total. The minimum Gasteiger partial charge on any atom is -0.504 e. The molecule has 0 heterocycles. The molecule has 0 bridgehead atoms. The van der Waals surface area contributed by atoms with Gasteiger partial charge in [-0.05, 0) is 12.1 Å². The van der Waals surface area contributed by atoms with E-state index in [9.17, 15) is 0 Å². The normalized spacial score (nSPS) is 8.80. The maximum Gasteiger partial charge on any atom is 0.621 e. The lowest BCUT2D eigenvalue weighted by molar-refractivity contribution is 0.213. The van der Waals surface area contributed by atoms with Crippen molar-refractivity contribution >= 4 is 14.6 Å². The molecule has 15 heavy (non-hydrogen) atoms. The minimum absolute atomic E-state index is 0.0764. The molecule has 0 aliphatic heterocycles. The van der Waals surface area contributed by atoms with Gasteiger partial charge in [0.05, 0.1) is 0 Å². The topological polar surface area (TPSA) is 131 Å². The SMILES string of the molecule is OB(O)OB(O)O.Oc1ccccc1O. The van der Waals surface area contributed by atoms with Crippen molar-refractivity contribution < 1.29 is 34.9 Å². The monoisotopic (exact) mass is 216 g/mol. The summed E-state index contributed by atoms with van der Waals surface area (Å²) >= 11 is 0. The van der Waals surface area contributed by atoms with E-state index >= 15 is 0 Å². The molecule has 82 valence electrons. The number of hydrogen-bond acceptors (Lipinski definition) is 7. The van der Waals surface area contributed by atoms with E-state index in [1.165, 1.54) is 12.1 Å². The van der Waals surface area contributed by atoms with Gasteiger partial charge in [-0.1, -0.05) is 12.1 Å². The fourth-order valence-electron chi connectivity index (χ4n) is 0.573. The summed E-state index contributed by atoms with van der Waals surface area (Å²) in [6.45, 7) is 0. The Morgan fingerprint density at radius 2 is 1.13 bits per heavy atom. The summed E-state index contributed by atoms with van der Waals surface area (Å²) in [5.74, 6) is -0.153. The number of phenols is 2. The van der Waals surface area contributed by atoms with Crippen LogP contribution in [0.3, 0.4) is 0 Å². The van der Waals surface area contributed by atoms with Gasteiger partial charge in [0, 0.05) is 0 Å². The number of hydrogen-bond donors (Lipinski definition) is 6. The van der Waals surface area contributed by atoms with Crippen molar-refractivity contribution in [2.24, 2.45) is 0 Å². The molecule has 0 aliphatic carbocycles. The molecule has 0 saturated heterocycles. The van der Waals surface area contributed by atoms with Gasteiger partial charge in [0.2, 0.25) is 0 Å². The maximum atomic E-state index is 8.67. The quantitative estimate of drug-likeness (QED) is 0.250. The number of aromatic hydroxyl groups is 2. The van der Waals surface area contributed by atoms with Gasteiger partial charge in [0.15, 0.2) is 11.5 Å². The first-order valence-corrected chi connectivity index (χ1v) is 3.78. The second-order valence-corrected chi connectivity index (χ2v) is 2.28. The van der Waals surface area contributed by atoms with E-state index in [4.69, 9.17) is 30.3 Å². The zero-order valence-electron chi connectivity index (χ0n) is 7.56. The van der Waals surface area contributed by atoms with Gasteiger partial charge in [-0.25, -0.2) is 0 Å². The first-order chi connectivity index (χ1) is 6.93. The first kappa shape index (κ1) is 13.7. The third kappa shape index (κ3) is 7.79. The summed E-state index contributed by atoms with van der Waals surface area (Å²) in [7, 11) is -4.25. The maximum absolute atomic E-state index is 8.67. The number of phenolic OH excluding ortho intramolecular Hbond substituents is 2. The van der Waals surface area contributed by atoms with Crippen LogP contribution in [0.1, 0.15) is 0 Å². The summed E-state index contributed by atoms with van der Waals surface area (Å²) in [6, 6.07) is 6.15. The third-order valence-corrected chi connectivity index (χ3v) is 1.13. The van der Waals surface area contributed by atoms with Gasteiger partial charge in [-0.15, -0.1) is 0 Å². The van der Waals surface area contributed by atoms with Gasteiger partial charge in [-0.2, -0.15) is 0 Å². The molecule has 0 aliphatic rings.